The van der Waals surface area contributed by atoms with Crippen LogP contribution in [0, 0.1) is 12.8 Å². The molecule has 1 N–H and O–H groups in total. The van der Waals surface area contributed by atoms with E-state index in [0.717, 1.165) is 35.2 Å². The molecule has 5 nitrogen and oxygen atoms in total. The van der Waals surface area contributed by atoms with Gasteiger partial charge in [-0.05, 0) is 43.4 Å². The second kappa shape index (κ2) is 8.02. The minimum atomic E-state index is -4.61. The highest BCUT2D eigenvalue weighted by atomic mass is 19.4. The number of hydrogen-bond acceptors (Lipinski definition) is 3. The number of carbonyl (C=O) groups is 1. The van der Waals surface area contributed by atoms with E-state index in [1.54, 1.807) is 0 Å². The number of aromatic nitrogens is 2. The van der Waals surface area contributed by atoms with Crippen LogP contribution in [0.2, 0.25) is 0 Å². The number of hydrogen-bond donors (Lipinski definition) is 1. The average molecular weight is 427 g/mol. The molecule has 1 fully saturated rings. The lowest BCUT2D eigenvalue weighted by atomic mass is 10.0. The Labute approximate surface area is 176 Å². The molecule has 0 radical (unpaired) electrons. The van der Waals surface area contributed by atoms with Gasteiger partial charge in [0.1, 0.15) is 0 Å². The van der Waals surface area contributed by atoms with Crippen LogP contribution in [0.3, 0.4) is 0 Å². The van der Waals surface area contributed by atoms with E-state index in [1.807, 2.05) is 30.3 Å². The van der Waals surface area contributed by atoms with E-state index < -0.39 is 28.8 Å². The number of aryl methyl sites for hydroxylation is 1. The summed E-state index contributed by atoms with van der Waals surface area (Å²) in [5.74, 6) is -0.450. The Hall–Kier alpha value is -3.42. The normalized spacial score (nSPS) is 14.8. The molecule has 1 atom stereocenters. The number of nitrogens with zero attached hydrogens (tertiary/aromatic N) is 2. The number of nitrogens with one attached hydrogen (secondary N) is 1. The van der Waals surface area contributed by atoms with Crippen molar-refractivity contribution in [3.05, 3.63) is 93.4 Å². The summed E-state index contributed by atoms with van der Waals surface area (Å²) in [4.78, 5) is 25.4. The van der Waals surface area contributed by atoms with Crippen LogP contribution in [0.1, 0.15) is 46.2 Å². The first kappa shape index (κ1) is 20.8. The summed E-state index contributed by atoms with van der Waals surface area (Å²) in [5, 5.41) is 6.89. The van der Waals surface area contributed by atoms with Crippen molar-refractivity contribution in [3.63, 3.8) is 0 Å². The monoisotopic (exact) mass is 427 g/mol. The van der Waals surface area contributed by atoms with Crippen molar-refractivity contribution in [3.8, 4) is 5.69 Å². The van der Waals surface area contributed by atoms with Crippen molar-refractivity contribution < 1.29 is 18.0 Å². The molecule has 2 aromatic carbocycles. The summed E-state index contributed by atoms with van der Waals surface area (Å²) >= 11 is 0. The lowest BCUT2D eigenvalue weighted by molar-refractivity contribution is -0.137. The largest absolute Gasteiger partial charge is 0.418 e. The lowest BCUT2D eigenvalue weighted by Crippen LogP contribution is -2.35. The molecule has 0 spiro atoms. The van der Waals surface area contributed by atoms with Crippen LogP contribution in [0.4, 0.5) is 13.2 Å². The third-order valence-electron chi connectivity index (χ3n) is 5.30. The van der Waals surface area contributed by atoms with Crippen molar-refractivity contribution in [1.29, 1.82) is 0 Å². The Balaban J connectivity index is 1.72. The molecule has 0 saturated heterocycles. The fourth-order valence-corrected chi connectivity index (χ4v) is 3.62. The molecule has 4 rings (SSSR count). The van der Waals surface area contributed by atoms with Gasteiger partial charge in [0, 0.05) is 11.8 Å². The van der Waals surface area contributed by atoms with Crippen LogP contribution >= 0.6 is 0 Å². The van der Waals surface area contributed by atoms with Crippen molar-refractivity contribution in [2.24, 2.45) is 5.92 Å². The van der Waals surface area contributed by atoms with Crippen LogP contribution in [0.5, 0.6) is 0 Å². The number of amides is 1. The molecule has 1 amide bonds. The third kappa shape index (κ3) is 4.38. The molecule has 0 bridgehead atoms. The Bertz CT molecular complexity index is 1170. The summed E-state index contributed by atoms with van der Waals surface area (Å²) in [6, 6.07) is 15.1. The SMILES string of the molecule is Cc1cc(=O)c(C(=O)NC(c2ccccc2)C2CC2)nn1-c1ccccc1C(F)(F)F. The Morgan fingerprint density at radius 2 is 1.74 bits per heavy atom. The number of para-hydroxylation sites is 1. The fourth-order valence-electron chi connectivity index (χ4n) is 3.62. The minimum absolute atomic E-state index is 0.194. The third-order valence-corrected chi connectivity index (χ3v) is 5.30. The summed E-state index contributed by atoms with van der Waals surface area (Å²) in [7, 11) is 0. The highest BCUT2D eigenvalue weighted by Gasteiger charge is 2.36. The smallest absolute Gasteiger partial charge is 0.343 e. The Morgan fingerprint density at radius 3 is 2.39 bits per heavy atom. The number of halogens is 3. The fraction of sp³-hybridized carbons (Fsp3) is 0.261. The zero-order chi connectivity index (χ0) is 22.2. The quantitative estimate of drug-likeness (QED) is 0.655. The molecule has 1 aromatic heterocycles. The summed E-state index contributed by atoms with van der Waals surface area (Å²) < 4.78 is 41.4. The zero-order valence-electron chi connectivity index (χ0n) is 16.7. The van der Waals surface area contributed by atoms with Crippen LogP contribution in [0.25, 0.3) is 5.69 Å². The van der Waals surface area contributed by atoms with Gasteiger partial charge in [-0.3, -0.25) is 9.59 Å². The van der Waals surface area contributed by atoms with Gasteiger partial charge in [-0.25, -0.2) is 4.68 Å². The van der Waals surface area contributed by atoms with Crippen molar-refractivity contribution in [2.45, 2.75) is 32.0 Å². The molecular weight excluding hydrogens is 407 g/mol. The van der Waals surface area contributed by atoms with Gasteiger partial charge in [-0.1, -0.05) is 42.5 Å². The van der Waals surface area contributed by atoms with Gasteiger partial charge < -0.3 is 5.32 Å². The first-order valence-corrected chi connectivity index (χ1v) is 9.89. The van der Waals surface area contributed by atoms with Gasteiger partial charge in [0.05, 0.1) is 17.3 Å². The van der Waals surface area contributed by atoms with Crippen LogP contribution in [-0.2, 0) is 6.18 Å². The molecule has 1 unspecified atom stereocenters. The zero-order valence-corrected chi connectivity index (χ0v) is 16.7. The van der Waals surface area contributed by atoms with Gasteiger partial charge >= 0.3 is 6.18 Å². The van der Waals surface area contributed by atoms with Crippen LogP contribution in [0.15, 0.2) is 65.5 Å². The van der Waals surface area contributed by atoms with E-state index in [4.69, 9.17) is 0 Å². The average Bonchev–Trinajstić information content (AvgIpc) is 3.57. The molecule has 1 aliphatic rings. The van der Waals surface area contributed by atoms with E-state index in [9.17, 15) is 22.8 Å². The van der Waals surface area contributed by atoms with E-state index in [2.05, 4.69) is 10.4 Å². The number of carbonyl (C=O) groups excluding carboxylic acids is 1. The van der Waals surface area contributed by atoms with E-state index >= 15 is 0 Å². The second-order valence-electron chi connectivity index (χ2n) is 7.62. The molecule has 0 aliphatic heterocycles. The van der Waals surface area contributed by atoms with Crippen LogP contribution in [-0.4, -0.2) is 15.7 Å². The predicted octanol–water partition coefficient (Wildman–Crippen LogP) is 4.44. The maximum Gasteiger partial charge on any atom is 0.418 e. The van der Waals surface area contributed by atoms with E-state index in [1.165, 1.54) is 25.1 Å². The first-order valence-electron chi connectivity index (χ1n) is 9.89. The molecule has 8 heteroatoms. The molecular formula is C23H20F3N3O2. The Morgan fingerprint density at radius 1 is 1.10 bits per heavy atom. The predicted molar refractivity (Wildman–Crippen MR) is 109 cm³/mol. The van der Waals surface area contributed by atoms with E-state index in [-0.39, 0.29) is 23.3 Å². The number of rotatable bonds is 5. The topological polar surface area (TPSA) is 64.0 Å². The van der Waals surface area contributed by atoms with Crippen molar-refractivity contribution in [1.82, 2.24) is 15.1 Å². The molecule has 31 heavy (non-hydrogen) atoms. The molecule has 1 heterocycles. The van der Waals surface area contributed by atoms with Gasteiger partial charge in [-0.2, -0.15) is 18.3 Å². The summed E-state index contributed by atoms with van der Waals surface area (Å²) in [6.45, 7) is 1.47. The molecule has 3 aromatic rings. The van der Waals surface area contributed by atoms with Gasteiger partial charge in [0.25, 0.3) is 5.91 Å². The molecule has 160 valence electrons. The minimum Gasteiger partial charge on any atom is -0.343 e. The van der Waals surface area contributed by atoms with Crippen LogP contribution < -0.4 is 10.7 Å². The van der Waals surface area contributed by atoms with E-state index in [0.29, 0.717) is 0 Å². The highest BCUT2D eigenvalue weighted by molar-refractivity contribution is 5.92. The standard InChI is InChI=1S/C23H20F3N3O2/c1-14-13-19(30)21(28-29(14)18-10-6-5-9-17(18)23(24,25)26)22(31)27-20(16-11-12-16)15-7-3-2-4-8-15/h2-10,13,16,20H,11-12H2,1H3,(H,27,31). The van der Waals surface area contributed by atoms with Crippen molar-refractivity contribution >= 4 is 5.91 Å². The van der Waals surface area contributed by atoms with Gasteiger partial charge in [0.2, 0.25) is 5.43 Å². The molecule has 1 aliphatic carbocycles. The Kier molecular flexibility index (Phi) is 5.39. The maximum atomic E-state index is 13.5. The maximum absolute atomic E-state index is 13.5. The highest BCUT2D eigenvalue weighted by Crippen LogP contribution is 2.41. The van der Waals surface area contributed by atoms with Crippen molar-refractivity contribution in [2.75, 3.05) is 0 Å². The lowest BCUT2D eigenvalue weighted by Gasteiger charge is -2.20. The number of benzene rings is 2. The summed E-state index contributed by atoms with van der Waals surface area (Å²) in [5.41, 5.74) is -1.13. The second-order valence-corrected chi connectivity index (χ2v) is 7.62. The first-order chi connectivity index (χ1) is 14.8. The number of alkyl halides is 3. The van der Waals surface area contributed by atoms with Gasteiger partial charge in [0.15, 0.2) is 5.69 Å². The van der Waals surface area contributed by atoms with Gasteiger partial charge in [-0.15, -0.1) is 0 Å². The summed E-state index contributed by atoms with van der Waals surface area (Å²) in [6.07, 6.45) is -2.71. The molecule has 1 saturated carbocycles.